The Kier molecular flexibility index (Phi) is 4.60. The highest BCUT2D eigenvalue weighted by atomic mass is 19.2. The molecule has 0 spiro atoms. The summed E-state index contributed by atoms with van der Waals surface area (Å²) in [5.41, 5.74) is 2.53. The van der Waals surface area contributed by atoms with Crippen LogP contribution in [0.3, 0.4) is 0 Å². The third-order valence-corrected chi connectivity index (χ3v) is 0.314. The Labute approximate surface area is 34.4 Å². The molecule has 0 atom stereocenters. The first-order chi connectivity index (χ1) is 2.91. The fraction of sp³-hybridized carbons (Fsp3) is 1.00. The van der Waals surface area contributed by atoms with Crippen molar-refractivity contribution in [2.75, 3.05) is 13.1 Å². The van der Waals surface area contributed by atoms with Gasteiger partial charge in [0.1, 0.15) is 0 Å². The fourth-order valence-electron chi connectivity index (χ4n) is 0.0945. The minimum Gasteiger partial charge on any atom is -0.158 e. The lowest BCUT2D eigenvalue weighted by Crippen LogP contribution is -2.15. The molecule has 0 aliphatic carbocycles. The second-order valence-electron chi connectivity index (χ2n) is 0.767. The smallest absolute Gasteiger partial charge is 0.0410 e. The molecule has 0 radical (unpaired) electrons. The van der Waals surface area contributed by atoms with E-state index in [2.05, 4.69) is 0 Å². The van der Waals surface area contributed by atoms with E-state index in [0.717, 1.165) is 0 Å². The van der Waals surface area contributed by atoms with E-state index < -0.39 is 0 Å². The monoisotopic (exact) mass is 96.0 g/mol. The summed E-state index contributed by atoms with van der Waals surface area (Å²) in [4.78, 5) is 0. The topological polar surface area (TPSA) is 24.1 Å². The van der Waals surface area contributed by atoms with Crippen LogP contribution < -0.4 is 11.1 Å². The number of hydrogen-bond acceptors (Lipinski definition) is 2. The molecule has 0 heterocycles. The summed E-state index contributed by atoms with van der Waals surface area (Å²) in [7, 11) is 0. The van der Waals surface area contributed by atoms with Gasteiger partial charge in [-0.15, -0.1) is 8.96 Å². The van der Waals surface area contributed by atoms with Gasteiger partial charge in [-0.1, -0.05) is 0 Å². The van der Waals surface area contributed by atoms with Crippen molar-refractivity contribution in [1.29, 1.82) is 0 Å². The molecule has 0 aliphatic heterocycles. The standard InChI is InChI=1S/C2H6F2N2/c3-5-1-2-6-4/h5-6H,1-2H2. The van der Waals surface area contributed by atoms with Crippen molar-refractivity contribution in [3.63, 3.8) is 0 Å². The van der Waals surface area contributed by atoms with Crippen LogP contribution in [0.2, 0.25) is 0 Å². The van der Waals surface area contributed by atoms with Crippen LogP contribution >= 0.6 is 0 Å². The van der Waals surface area contributed by atoms with Gasteiger partial charge in [-0.2, -0.15) is 11.1 Å². The highest BCUT2D eigenvalue weighted by molar-refractivity contribution is 4.31. The SMILES string of the molecule is FNCCNF. The van der Waals surface area contributed by atoms with E-state index >= 15 is 0 Å². The van der Waals surface area contributed by atoms with Crippen LogP contribution in [0.5, 0.6) is 0 Å². The first-order valence-corrected chi connectivity index (χ1v) is 1.59. The molecule has 0 amide bonds. The average molecular weight is 96.1 g/mol. The molecule has 0 saturated heterocycles. The molecular formula is C2H6F2N2. The minimum absolute atomic E-state index is 0.0104. The molecule has 2 N–H and O–H groups in total. The van der Waals surface area contributed by atoms with E-state index in [9.17, 15) is 8.96 Å². The normalized spacial score (nSPS) is 9.00. The van der Waals surface area contributed by atoms with Gasteiger partial charge in [0.2, 0.25) is 0 Å². The Morgan fingerprint density at radius 3 is 1.50 bits per heavy atom. The third-order valence-electron chi connectivity index (χ3n) is 0.314. The predicted molar refractivity (Wildman–Crippen MR) is 18.2 cm³/mol. The van der Waals surface area contributed by atoms with Crippen molar-refractivity contribution < 1.29 is 8.96 Å². The van der Waals surface area contributed by atoms with Gasteiger partial charge in [-0.3, -0.25) is 0 Å². The summed E-state index contributed by atoms with van der Waals surface area (Å²) >= 11 is 0. The molecule has 0 saturated carbocycles. The largest absolute Gasteiger partial charge is 0.158 e. The predicted octanol–water partition coefficient (Wildman–Crippen LogP) is -0.0654. The third kappa shape index (κ3) is 3.78. The van der Waals surface area contributed by atoms with E-state index in [1.807, 2.05) is 0 Å². The van der Waals surface area contributed by atoms with Crippen LogP contribution in [0.25, 0.3) is 0 Å². The Morgan fingerprint density at radius 2 is 1.33 bits per heavy atom. The minimum atomic E-state index is 0.0104. The van der Waals surface area contributed by atoms with Crippen molar-refractivity contribution in [3.8, 4) is 0 Å². The first kappa shape index (κ1) is 5.78. The van der Waals surface area contributed by atoms with E-state index in [4.69, 9.17) is 0 Å². The Bertz CT molecular complexity index is 21.5. The Morgan fingerprint density at radius 1 is 1.00 bits per heavy atom. The summed E-state index contributed by atoms with van der Waals surface area (Å²) in [6, 6.07) is 0. The maximum absolute atomic E-state index is 10.7. The van der Waals surface area contributed by atoms with E-state index in [1.165, 1.54) is 11.1 Å². The highest BCUT2D eigenvalue weighted by Gasteiger charge is 1.76. The summed E-state index contributed by atoms with van der Waals surface area (Å²) < 4.78 is 21.4. The molecule has 0 aliphatic rings. The van der Waals surface area contributed by atoms with Crippen molar-refractivity contribution in [3.05, 3.63) is 0 Å². The second-order valence-corrected chi connectivity index (χ2v) is 0.767. The molecule has 0 fully saturated rings. The molecule has 0 aromatic carbocycles. The molecule has 0 unspecified atom stereocenters. The molecule has 0 rings (SSSR count). The quantitative estimate of drug-likeness (QED) is 0.379. The van der Waals surface area contributed by atoms with Crippen LogP contribution in [-0.4, -0.2) is 13.1 Å². The molecule has 0 bridgehead atoms. The van der Waals surface area contributed by atoms with Gasteiger partial charge in [0.15, 0.2) is 0 Å². The molecule has 0 aromatic rings. The van der Waals surface area contributed by atoms with Crippen LogP contribution in [0, 0.1) is 0 Å². The van der Waals surface area contributed by atoms with Crippen molar-refractivity contribution in [2.45, 2.75) is 0 Å². The Balaban J connectivity index is 2.34. The van der Waals surface area contributed by atoms with Crippen LogP contribution in [0.4, 0.5) is 8.96 Å². The highest BCUT2D eigenvalue weighted by Crippen LogP contribution is 1.54. The van der Waals surface area contributed by atoms with Gasteiger partial charge in [-0.05, 0) is 0 Å². The van der Waals surface area contributed by atoms with Gasteiger partial charge < -0.3 is 0 Å². The van der Waals surface area contributed by atoms with Gasteiger partial charge in [-0.25, -0.2) is 0 Å². The summed E-state index contributed by atoms with van der Waals surface area (Å²) in [6.45, 7) is 0.0208. The summed E-state index contributed by atoms with van der Waals surface area (Å²) in [6.07, 6.45) is 0. The first-order valence-electron chi connectivity index (χ1n) is 1.59. The van der Waals surface area contributed by atoms with Gasteiger partial charge >= 0.3 is 0 Å². The molecule has 6 heavy (non-hydrogen) atoms. The Hall–Kier alpha value is -0.220. The maximum atomic E-state index is 10.7. The summed E-state index contributed by atoms with van der Waals surface area (Å²) in [5, 5.41) is 0. The number of halogens is 2. The maximum Gasteiger partial charge on any atom is 0.0410 e. The second kappa shape index (κ2) is 4.78. The molecule has 38 valence electrons. The van der Waals surface area contributed by atoms with Crippen molar-refractivity contribution >= 4 is 0 Å². The zero-order valence-corrected chi connectivity index (χ0v) is 3.17. The fourth-order valence-corrected chi connectivity index (χ4v) is 0.0945. The average Bonchev–Trinajstić information content (AvgIpc) is 1.61. The zero-order chi connectivity index (χ0) is 4.83. The molecular weight excluding hydrogens is 90.0 g/mol. The van der Waals surface area contributed by atoms with E-state index in [0.29, 0.717) is 0 Å². The number of rotatable bonds is 3. The lowest BCUT2D eigenvalue weighted by Gasteiger charge is -1.85. The van der Waals surface area contributed by atoms with Gasteiger partial charge in [0.05, 0.1) is 0 Å². The van der Waals surface area contributed by atoms with Crippen molar-refractivity contribution in [1.82, 2.24) is 11.1 Å². The van der Waals surface area contributed by atoms with Crippen LogP contribution in [0.15, 0.2) is 0 Å². The zero-order valence-electron chi connectivity index (χ0n) is 3.17. The van der Waals surface area contributed by atoms with Gasteiger partial charge in [0, 0.05) is 13.1 Å². The molecule has 2 nitrogen and oxygen atoms in total. The van der Waals surface area contributed by atoms with Crippen LogP contribution in [-0.2, 0) is 0 Å². The lowest BCUT2D eigenvalue weighted by atomic mass is 10.7. The summed E-state index contributed by atoms with van der Waals surface area (Å²) in [5.74, 6) is 0. The number of nitrogens with one attached hydrogen (secondary N) is 2. The van der Waals surface area contributed by atoms with Gasteiger partial charge in [0.25, 0.3) is 0 Å². The van der Waals surface area contributed by atoms with Crippen LogP contribution in [0.1, 0.15) is 0 Å². The molecule has 4 heteroatoms. The van der Waals surface area contributed by atoms with Crippen molar-refractivity contribution in [2.24, 2.45) is 0 Å². The number of hydrogen-bond donors (Lipinski definition) is 2. The van der Waals surface area contributed by atoms with E-state index in [-0.39, 0.29) is 13.1 Å². The lowest BCUT2D eigenvalue weighted by molar-refractivity contribution is 0.283. The van der Waals surface area contributed by atoms with E-state index in [1.54, 1.807) is 0 Å². The molecule has 0 aromatic heterocycles.